The van der Waals surface area contributed by atoms with Gasteiger partial charge in [-0.05, 0) is 11.1 Å². The van der Waals surface area contributed by atoms with Gasteiger partial charge in [0.25, 0.3) is 0 Å². The zero-order valence-corrected chi connectivity index (χ0v) is 5.09. The molecule has 0 aromatic rings. The van der Waals surface area contributed by atoms with Crippen molar-refractivity contribution in [2.75, 3.05) is 0 Å². The summed E-state index contributed by atoms with van der Waals surface area (Å²) in [5.41, 5.74) is 0.763. The molecule has 0 fully saturated rings. The van der Waals surface area contributed by atoms with E-state index >= 15 is 0 Å². The van der Waals surface area contributed by atoms with Gasteiger partial charge in [0.2, 0.25) is 0 Å². The van der Waals surface area contributed by atoms with Crippen molar-refractivity contribution >= 4 is 12.6 Å². The van der Waals surface area contributed by atoms with E-state index in [9.17, 15) is 9.59 Å². The van der Waals surface area contributed by atoms with Gasteiger partial charge in [-0.25, -0.2) is 0 Å². The number of aldehydes is 2. The first kappa shape index (κ1) is 7.82. The fraction of sp³-hybridized carbons (Fsp3) is 0.143. The van der Waals surface area contributed by atoms with Crippen molar-refractivity contribution in [3.8, 4) is 0 Å². The van der Waals surface area contributed by atoms with E-state index < -0.39 is 0 Å². The fourth-order valence-electron chi connectivity index (χ4n) is 0.375. The Morgan fingerprint density at radius 1 is 1.11 bits per heavy atom. The molecule has 0 radical (unpaired) electrons. The summed E-state index contributed by atoms with van der Waals surface area (Å²) in [6.07, 6.45) is 1.52. The van der Waals surface area contributed by atoms with E-state index in [2.05, 4.69) is 13.2 Å². The second-order valence-corrected chi connectivity index (χ2v) is 1.73. The number of carbonyl (C=O) groups excluding carboxylic acids is 2. The maximum atomic E-state index is 9.90. The molecule has 0 aromatic heterocycles. The van der Waals surface area contributed by atoms with Gasteiger partial charge in [-0.15, -0.1) is 0 Å². The van der Waals surface area contributed by atoms with Gasteiger partial charge in [-0.2, -0.15) is 0 Å². The molecular weight excluding hydrogens is 116 g/mol. The average molecular weight is 124 g/mol. The Morgan fingerprint density at radius 2 is 1.44 bits per heavy atom. The van der Waals surface area contributed by atoms with Crippen LogP contribution in [-0.2, 0) is 9.59 Å². The topological polar surface area (TPSA) is 34.1 Å². The third kappa shape index (κ3) is 3.41. The average Bonchev–Trinajstić information content (AvgIpc) is 1.87. The van der Waals surface area contributed by atoms with Gasteiger partial charge in [0.1, 0.15) is 12.6 Å². The van der Waals surface area contributed by atoms with Gasteiger partial charge in [0, 0.05) is 6.42 Å². The minimum Gasteiger partial charge on any atom is -0.298 e. The zero-order valence-electron chi connectivity index (χ0n) is 5.09. The number of hydrogen-bond acceptors (Lipinski definition) is 2. The van der Waals surface area contributed by atoms with Crippen LogP contribution in [0.2, 0.25) is 0 Å². The molecule has 0 bridgehead atoms. The van der Waals surface area contributed by atoms with E-state index in [1.807, 2.05) is 0 Å². The summed E-state index contributed by atoms with van der Waals surface area (Å²) in [6, 6.07) is 0. The standard InChI is InChI=1S/C7H8O2/c1-6(4-8)3-7(2)5-9/h4-5H,1-3H2. The molecule has 48 valence electrons. The smallest absolute Gasteiger partial charge is 0.145 e. The lowest BCUT2D eigenvalue weighted by molar-refractivity contribution is -0.105. The Balaban J connectivity index is 3.73. The van der Waals surface area contributed by atoms with Gasteiger partial charge >= 0.3 is 0 Å². The summed E-state index contributed by atoms with van der Waals surface area (Å²) in [4.78, 5) is 19.8. The fourth-order valence-corrected chi connectivity index (χ4v) is 0.375. The van der Waals surface area contributed by atoms with Crippen LogP contribution >= 0.6 is 0 Å². The van der Waals surface area contributed by atoms with Crippen molar-refractivity contribution in [2.45, 2.75) is 6.42 Å². The highest BCUT2D eigenvalue weighted by Crippen LogP contribution is 2.00. The molecule has 0 atom stereocenters. The summed E-state index contributed by atoms with van der Waals surface area (Å²) in [7, 11) is 0. The molecule has 0 saturated heterocycles. The minimum atomic E-state index is 0.285. The van der Waals surface area contributed by atoms with Gasteiger partial charge in [0.05, 0.1) is 0 Å². The van der Waals surface area contributed by atoms with Crippen LogP contribution in [0.4, 0.5) is 0 Å². The Morgan fingerprint density at radius 3 is 1.67 bits per heavy atom. The maximum absolute atomic E-state index is 9.90. The highest BCUT2D eigenvalue weighted by Gasteiger charge is 1.93. The van der Waals surface area contributed by atoms with Crippen molar-refractivity contribution < 1.29 is 9.59 Å². The van der Waals surface area contributed by atoms with E-state index in [1.165, 1.54) is 0 Å². The van der Waals surface area contributed by atoms with Gasteiger partial charge < -0.3 is 0 Å². The molecule has 0 aliphatic heterocycles. The van der Waals surface area contributed by atoms with Gasteiger partial charge in [-0.3, -0.25) is 9.59 Å². The molecule has 0 N–H and O–H groups in total. The summed E-state index contributed by atoms with van der Waals surface area (Å²) in [5.74, 6) is 0. The number of allylic oxidation sites excluding steroid dienone is 2. The molecule has 0 rings (SSSR count). The monoisotopic (exact) mass is 124 g/mol. The highest BCUT2D eigenvalue weighted by atomic mass is 16.1. The van der Waals surface area contributed by atoms with E-state index in [-0.39, 0.29) is 6.42 Å². The molecule has 2 nitrogen and oxygen atoms in total. The van der Waals surface area contributed by atoms with Crippen LogP contribution in [-0.4, -0.2) is 12.6 Å². The first-order valence-corrected chi connectivity index (χ1v) is 2.46. The predicted molar refractivity (Wildman–Crippen MR) is 35.0 cm³/mol. The van der Waals surface area contributed by atoms with Crippen LogP contribution in [0, 0.1) is 0 Å². The lowest BCUT2D eigenvalue weighted by Crippen LogP contribution is -1.86. The zero-order chi connectivity index (χ0) is 7.28. The van der Waals surface area contributed by atoms with Crippen LogP contribution in [0.1, 0.15) is 6.42 Å². The first-order valence-electron chi connectivity index (χ1n) is 2.46. The Kier molecular flexibility index (Phi) is 3.28. The Hall–Kier alpha value is -1.18. The third-order valence-electron chi connectivity index (χ3n) is 0.787. The number of carbonyl (C=O) groups is 2. The second kappa shape index (κ2) is 3.78. The maximum Gasteiger partial charge on any atom is 0.145 e. The summed E-state index contributed by atoms with van der Waals surface area (Å²) >= 11 is 0. The molecule has 0 amide bonds. The molecule has 0 spiro atoms. The van der Waals surface area contributed by atoms with Crippen molar-refractivity contribution in [1.29, 1.82) is 0 Å². The van der Waals surface area contributed by atoms with Crippen LogP contribution in [0.3, 0.4) is 0 Å². The van der Waals surface area contributed by atoms with E-state index in [4.69, 9.17) is 0 Å². The number of rotatable bonds is 4. The largest absolute Gasteiger partial charge is 0.298 e. The quantitative estimate of drug-likeness (QED) is 0.412. The molecule has 0 saturated carbocycles. The normalized spacial score (nSPS) is 8.00. The van der Waals surface area contributed by atoms with Gasteiger partial charge in [0.15, 0.2) is 0 Å². The van der Waals surface area contributed by atoms with Crippen molar-refractivity contribution in [1.82, 2.24) is 0 Å². The molecule has 0 aromatic carbocycles. The molecular formula is C7H8O2. The summed E-state index contributed by atoms with van der Waals surface area (Å²) in [5, 5.41) is 0. The second-order valence-electron chi connectivity index (χ2n) is 1.73. The van der Waals surface area contributed by atoms with E-state index in [1.54, 1.807) is 0 Å². The molecule has 0 aliphatic carbocycles. The van der Waals surface area contributed by atoms with E-state index in [0.717, 1.165) is 0 Å². The Bertz CT molecular complexity index is 138. The van der Waals surface area contributed by atoms with E-state index in [0.29, 0.717) is 23.7 Å². The summed E-state index contributed by atoms with van der Waals surface area (Å²) in [6.45, 7) is 6.75. The molecule has 0 heterocycles. The molecule has 0 unspecified atom stereocenters. The van der Waals surface area contributed by atoms with Crippen molar-refractivity contribution in [3.05, 3.63) is 24.3 Å². The van der Waals surface area contributed by atoms with Crippen LogP contribution in [0.15, 0.2) is 24.3 Å². The summed E-state index contributed by atoms with van der Waals surface area (Å²) < 4.78 is 0. The predicted octanol–water partition coefficient (Wildman–Crippen LogP) is 0.887. The van der Waals surface area contributed by atoms with Gasteiger partial charge in [-0.1, -0.05) is 13.2 Å². The van der Waals surface area contributed by atoms with Crippen molar-refractivity contribution in [3.63, 3.8) is 0 Å². The van der Waals surface area contributed by atoms with Crippen LogP contribution in [0.25, 0.3) is 0 Å². The van der Waals surface area contributed by atoms with Crippen LogP contribution in [0.5, 0.6) is 0 Å². The molecule has 0 aliphatic rings. The number of hydrogen-bond donors (Lipinski definition) is 0. The SMILES string of the molecule is C=C(C=O)CC(=C)C=O. The lowest BCUT2D eigenvalue weighted by Gasteiger charge is -1.91. The highest BCUT2D eigenvalue weighted by molar-refractivity contribution is 5.79. The lowest BCUT2D eigenvalue weighted by atomic mass is 10.1. The Labute approximate surface area is 53.9 Å². The first-order chi connectivity index (χ1) is 4.20. The minimum absolute atomic E-state index is 0.285. The third-order valence-corrected chi connectivity index (χ3v) is 0.787. The van der Waals surface area contributed by atoms with Crippen molar-refractivity contribution in [2.24, 2.45) is 0 Å². The van der Waals surface area contributed by atoms with Crippen LogP contribution < -0.4 is 0 Å². The molecule has 9 heavy (non-hydrogen) atoms. The molecule has 2 heteroatoms.